The minimum Gasteiger partial charge on any atom is -0.394 e. The van der Waals surface area contributed by atoms with E-state index in [1.807, 2.05) is 10.6 Å². The van der Waals surface area contributed by atoms with E-state index < -0.39 is 6.43 Å². The van der Waals surface area contributed by atoms with E-state index in [2.05, 4.69) is 15.5 Å². The smallest absolute Gasteiger partial charge is 0.279 e. The average Bonchev–Trinajstić information content (AvgIpc) is 2.98. The highest BCUT2D eigenvalue weighted by Crippen LogP contribution is 2.36. The quantitative estimate of drug-likeness (QED) is 0.214. The van der Waals surface area contributed by atoms with Gasteiger partial charge in [-0.25, -0.2) is 13.4 Å². The van der Waals surface area contributed by atoms with E-state index >= 15 is 0 Å². The molecule has 1 saturated heterocycles. The van der Waals surface area contributed by atoms with Gasteiger partial charge in [0.05, 0.1) is 18.7 Å². The van der Waals surface area contributed by atoms with Gasteiger partial charge in [0.2, 0.25) is 5.91 Å². The number of carbonyl (C=O) groups is 1. The highest BCUT2D eigenvalue weighted by Gasteiger charge is 2.32. The Morgan fingerprint density at radius 1 is 1.20 bits per heavy atom. The van der Waals surface area contributed by atoms with Gasteiger partial charge in [-0.05, 0) is 74.0 Å². The number of amides is 1. The van der Waals surface area contributed by atoms with Gasteiger partial charge in [0.15, 0.2) is 0 Å². The molecule has 0 aliphatic carbocycles. The summed E-state index contributed by atoms with van der Waals surface area (Å²) in [5, 5.41) is 6.70. The molecule has 9 nitrogen and oxygen atoms in total. The van der Waals surface area contributed by atoms with Crippen LogP contribution in [-0.4, -0.2) is 91.6 Å². The Kier molecular flexibility index (Phi) is 10.7. The Bertz CT molecular complexity index is 1190. The van der Waals surface area contributed by atoms with Gasteiger partial charge >= 0.3 is 0 Å². The second-order valence-electron chi connectivity index (χ2n) is 11.2. The zero-order valence-corrected chi connectivity index (χ0v) is 24.5. The molecule has 1 fully saturated rings. The molecule has 0 spiro atoms. The summed E-state index contributed by atoms with van der Waals surface area (Å²) >= 11 is 0. The number of fused-ring (bicyclic) bond motifs is 1. The summed E-state index contributed by atoms with van der Waals surface area (Å²) in [6, 6.07) is 3.75. The van der Waals surface area contributed by atoms with Crippen LogP contribution in [0.15, 0.2) is 29.6 Å². The molecule has 0 aromatic heterocycles. The zero-order valence-electron chi connectivity index (χ0n) is 24.5. The molecule has 3 aliphatic heterocycles. The number of amidine groups is 1. The van der Waals surface area contributed by atoms with Crippen LogP contribution in [0.3, 0.4) is 0 Å². The molecule has 0 unspecified atom stereocenters. The summed E-state index contributed by atoms with van der Waals surface area (Å²) in [6.07, 6.45) is 4.34. The van der Waals surface area contributed by atoms with E-state index in [0.29, 0.717) is 61.3 Å². The number of hydrogen-bond donors (Lipinski definition) is 5. The number of halogens is 2. The molecule has 0 radical (unpaired) electrons. The van der Waals surface area contributed by atoms with Crippen molar-refractivity contribution < 1.29 is 18.2 Å². The van der Waals surface area contributed by atoms with Crippen molar-refractivity contribution in [2.24, 2.45) is 17.2 Å². The average molecular weight is 574 g/mol. The first-order chi connectivity index (χ1) is 19.8. The predicted octanol–water partition coefficient (Wildman–Crippen LogP) is 2.00. The van der Waals surface area contributed by atoms with Crippen molar-refractivity contribution in [3.63, 3.8) is 0 Å². The third-order valence-electron chi connectivity index (χ3n) is 8.52. The van der Waals surface area contributed by atoms with Gasteiger partial charge in [0.25, 0.3) is 12.3 Å². The van der Waals surface area contributed by atoms with Crippen LogP contribution in [0, 0.1) is 0 Å². The predicted molar refractivity (Wildman–Crippen MR) is 160 cm³/mol. The minimum absolute atomic E-state index is 0.00290. The molecule has 1 aromatic carbocycles. The van der Waals surface area contributed by atoms with Crippen LogP contribution in [-0.2, 0) is 11.2 Å². The van der Waals surface area contributed by atoms with Crippen molar-refractivity contribution in [2.75, 3.05) is 59.4 Å². The maximum atomic E-state index is 14.4. The maximum absolute atomic E-state index is 14.4. The topological polar surface area (TPSA) is 129 Å². The lowest BCUT2D eigenvalue weighted by molar-refractivity contribution is -0.447. The molecule has 1 aromatic rings. The van der Waals surface area contributed by atoms with Crippen LogP contribution in [0.25, 0.3) is 5.57 Å². The summed E-state index contributed by atoms with van der Waals surface area (Å²) in [4.78, 5) is 16.6. The Balaban J connectivity index is 1.72. The van der Waals surface area contributed by atoms with Crippen LogP contribution in [0.4, 0.5) is 14.5 Å². The van der Waals surface area contributed by atoms with Gasteiger partial charge in [-0.3, -0.25) is 10.5 Å². The number of nitrogens with one attached hydrogen (secondary N) is 2. The lowest BCUT2D eigenvalue weighted by atomic mass is 9.92. The van der Waals surface area contributed by atoms with Gasteiger partial charge in [-0.1, -0.05) is 0 Å². The van der Waals surface area contributed by atoms with Crippen molar-refractivity contribution in [3.05, 3.63) is 46.3 Å². The largest absolute Gasteiger partial charge is 0.394 e. The molecule has 1 amide bonds. The molecule has 0 saturated carbocycles. The fourth-order valence-corrected chi connectivity index (χ4v) is 6.23. The summed E-state index contributed by atoms with van der Waals surface area (Å²) in [5.41, 5.74) is 23.2. The molecule has 11 heteroatoms. The molecular weight excluding hydrogens is 526 g/mol. The van der Waals surface area contributed by atoms with E-state index in [-0.39, 0.29) is 18.0 Å². The van der Waals surface area contributed by atoms with E-state index in [0.717, 1.165) is 68.6 Å². The van der Waals surface area contributed by atoms with Gasteiger partial charge in [-0.15, -0.1) is 0 Å². The molecule has 8 N–H and O–H groups in total. The van der Waals surface area contributed by atoms with Crippen molar-refractivity contribution in [1.29, 1.82) is 0 Å². The molecule has 4 rings (SSSR count). The second kappa shape index (κ2) is 14.2. The maximum Gasteiger partial charge on any atom is 0.279 e. The van der Waals surface area contributed by atoms with E-state index in [4.69, 9.17) is 17.2 Å². The van der Waals surface area contributed by atoms with Gasteiger partial charge in [0.1, 0.15) is 5.69 Å². The number of piperidine rings is 1. The number of carbonyl (C=O) groups excluding carboxylic acids is 1. The first kappa shape index (κ1) is 30.9. The van der Waals surface area contributed by atoms with Crippen molar-refractivity contribution >= 4 is 23.0 Å². The number of nitrogens with two attached hydrogens (primary N) is 3. The van der Waals surface area contributed by atoms with Crippen LogP contribution >= 0.6 is 0 Å². The number of nitrogens with zero attached hydrogens (tertiary/aromatic N) is 3. The van der Waals surface area contributed by atoms with Gasteiger partial charge in [0, 0.05) is 70.1 Å². The number of rotatable bonds is 10. The minimum atomic E-state index is -2.66. The summed E-state index contributed by atoms with van der Waals surface area (Å²) in [5.74, 6) is 0.523. The van der Waals surface area contributed by atoms with Crippen molar-refractivity contribution in [2.45, 2.75) is 57.9 Å². The summed E-state index contributed by atoms with van der Waals surface area (Å²) in [6.45, 7) is 7.12. The van der Waals surface area contributed by atoms with E-state index in [1.165, 1.54) is 0 Å². The van der Waals surface area contributed by atoms with Crippen LogP contribution < -0.4 is 27.8 Å². The van der Waals surface area contributed by atoms with E-state index in [1.54, 1.807) is 31.1 Å². The first-order valence-electron chi connectivity index (χ1n) is 14.9. The molecule has 0 atom stereocenters. The van der Waals surface area contributed by atoms with Crippen LogP contribution in [0.1, 0.15) is 62.1 Å². The van der Waals surface area contributed by atoms with Crippen LogP contribution in [0.5, 0.6) is 0 Å². The lowest BCUT2D eigenvalue weighted by Crippen LogP contribution is -2.47. The summed E-state index contributed by atoms with van der Waals surface area (Å²) in [7, 11) is 1.73. The first-order valence-corrected chi connectivity index (χ1v) is 14.9. The number of likely N-dealkylation sites (tertiary alicyclic amines) is 1. The van der Waals surface area contributed by atoms with Gasteiger partial charge in [-0.2, -0.15) is 0 Å². The zero-order chi connectivity index (χ0) is 29.5. The Morgan fingerprint density at radius 3 is 2.59 bits per heavy atom. The fourth-order valence-electron chi connectivity index (χ4n) is 6.23. The highest BCUT2D eigenvalue weighted by atomic mass is 19.3. The Labute approximate surface area is 242 Å². The van der Waals surface area contributed by atoms with Gasteiger partial charge < -0.3 is 31.9 Å². The normalized spacial score (nSPS) is 20.4. The fraction of sp³-hybridized carbons (Fsp3) is 0.600. The lowest BCUT2D eigenvalue weighted by Gasteiger charge is -2.36. The highest BCUT2D eigenvalue weighted by molar-refractivity contribution is 5.96. The van der Waals surface area contributed by atoms with Crippen molar-refractivity contribution in [1.82, 2.24) is 20.4 Å². The van der Waals surface area contributed by atoms with Crippen molar-refractivity contribution in [3.8, 4) is 0 Å². The number of aryl methyl sites for hydroxylation is 1. The molecule has 3 heterocycles. The molecule has 0 bridgehead atoms. The third kappa shape index (κ3) is 7.25. The number of alkyl halides is 2. The number of benzene rings is 1. The Morgan fingerprint density at radius 2 is 1.95 bits per heavy atom. The molecule has 226 valence electrons. The molecular formula is C30H47F2N8O+. The molecule has 41 heavy (non-hydrogen) atoms. The number of hydrogen-bond acceptors (Lipinski definition) is 6. The second-order valence-corrected chi connectivity index (χ2v) is 11.2. The standard InChI is InChI=1S/C30H46F2N8O/c1-20(41)39-14-8-27(37-23-6-12-38(13-7-23)10-4-9-33)26(19-39)30(35)40-11-3-5-21-15-24(22(17-34)18-36-2)25(29(31)32)16-28(21)40/h15-16,18,23,29,36H,3-14,17,19,33-34H2,1-2H3,(H2,35,37)/p+1/b22-18+. The monoisotopic (exact) mass is 573 g/mol. The van der Waals surface area contributed by atoms with Crippen LogP contribution in [0.2, 0.25) is 0 Å². The third-order valence-corrected chi connectivity index (χ3v) is 8.52. The SMILES string of the molecule is CN/C=C(\CN)c1cc2c(cc1C(F)F)[N+](=C(N)C1=C(NC3CCN(CCCN)CC3)CCN(C(C)=O)C1)CCC2. The Hall–Kier alpha value is -3.02. The summed E-state index contributed by atoms with van der Waals surface area (Å²) < 4.78 is 30.7. The van der Waals surface area contributed by atoms with E-state index in [9.17, 15) is 13.6 Å². The molecule has 3 aliphatic rings.